The maximum Gasteiger partial charge on any atom is 0.293 e. The van der Waals surface area contributed by atoms with Crippen LogP contribution in [0.4, 0.5) is 4.39 Å². The monoisotopic (exact) mass is 241 g/mol. The van der Waals surface area contributed by atoms with E-state index in [0.717, 1.165) is 0 Å². The summed E-state index contributed by atoms with van der Waals surface area (Å²) in [6, 6.07) is 3.26. The molecule has 0 aliphatic carbocycles. The van der Waals surface area contributed by atoms with Crippen LogP contribution in [0.1, 0.15) is 12.5 Å². The summed E-state index contributed by atoms with van der Waals surface area (Å²) < 4.78 is 13.8. The van der Waals surface area contributed by atoms with Gasteiger partial charge < -0.3 is 10.1 Å². The lowest BCUT2D eigenvalue weighted by Crippen LogP contribution is -2.08. The molecule has 1 heterocycles. The smallest absolute Gasteiger partial charge is 0.293 e. The Morgan fingerprint density at radius 1 is 1.50 bits per heavy atom. The van der Waals surface area contributed by atoms with E-state index in [0.29, 0.717) is 12.0 Å². The van der Waals surface area contributed by atoms with E-state index in [2.05, 4.69) is 4.98 Å². The Morgan fingerprint density at radius 2 is 2.19 bits per heavy atom. The molecule has 0 aliphatic heterocycles. The summed E-state index contributed by atoms with van der Waals surface area (Å²) in [4.78, 5) is 13.6. The van der Waals surface area contributed by atoms with Crippen LogP contribution in [0.2, 0.25) is 5.02 Å². The number of halogens is 2. The number of rotatable bonds is 1. The maximum absolute atomic E-state index is 13.8. The second-order valence-corrected chi connectivity index (χ2v) is 3.83. The summed E-state index contributed by atoms with van der Waals surface area (Å²) in [5, 5.41) is 9.68. The van der Waals surface area contributed by atoms with Gasteiger partial charge in [-0.25, -0.2) is 4.39 Å². The van der Waals surface area contributed by atoms with E-state index in [4.69, 9.17) is 11.6 Å². The van der Waals surface area contributed by atoms with Gasteiger partial charge in [-0.1, -0.05) is 24.6 Å². The van der Waals surface area contributed by atoms with Crippen LogP contribution in [0, 0.1) is 5.82 Å². The van der Waals surface area contributed by atoms with E-state index < -0.39 is 17.1 Å². The number of H-pyrrole nitrogens is 1. The second kappa shape index (κ2) is 3.79. The molecule has 0 aliphatic rings. The number of hydrogen-bond donors (Lipinski definition) is 2. The molecule has 0 amide bonds. The molecule has 2 N–H and O–H groups in total. The molecule has 0 fully saturated rings. The number of aromatic nitrogens is 1. The van der Waals surface area contributed by atoms with Gasteiger partial charge in [-0.05, 0) is 18.1 Å². The van der Waals surface area contributed by atoms with Gasteiger partial charge in [0.05, 0.1) is 10.5 Å². The molecule has 0 unspecified atom stereocenters. The lowest BCUT2D eigenvalue weighted by atomic mass is 10.1. The van der Waals surface area contributed by atoms with Crippen molar-refractivity contribution in [1.82, 2.24) is 4.98 Å². The van der Waals surface area contributed by atoms with E-state index in [1.54, 1.807) is 12.1 Å². The van der Waals surface area contributed by atoms with Gasteiger partial charge in [0.2, 0.25) is 5.75 Å². The summed E-state index contributed by atoms with van der Waals surface area (Å²) >= 11 is 5.86. The average molecular weight is 242 g/mol. The van der Waals surface area contributed by atoms with Gasteiger partial charge in [-0.3, -0.25) is 4.79 Å². The third-order valence-corrected chi connectivity index (χ3v) is 2.82. The van der Waals surface area contributed by atoms with Crippen molar-refractivity contribution in [1.29, 1.82) is 0 Å². The minimum atomic E-state index is -0.918. The van der Waals surface area contributed by atoms with Crippen molar-refractivity contribution in [3.63, 3.8) is 0 Å². The predicted octanol–water partition coefficient (Wildman–Crippen LogP) is 2.59. The molecule has 2 rings (SSSR count). The SMILES string of the molecule is CCc1ccc(Cl)c2[nH]c(=O)c(O)c(F)c12. The lowest BCUT2D eigenvalue weighted by Gasteiger charge is -2.07. The zero-order valence-electron chi connectivity index (χ0n) is 8.47. The third kappa shape index (κ3) is 1.46. The summed E-state index contributed by atoms with van der Waals surface area (Å²) in [5.41, 5.74) is 0.0323. The number of benzene rings is 1. The Bertz CT molecular complexity index is 621. The first-order valence-corrected chi connectivity index (χ1v) is 5.16. The standard InChI is InChI=1S/C11H9ClFNO2/c1-2-5-3-4-6(12)9-7(5)8(13)10(15)11(16)14-9/h3-4,15H,2H2,1H3,(H,14,16). The molecule has 1 aromatic heterocycles. The van der Waals surface area contributed by atoms with Crippen molar-refractivity contribution < 1.29 is 9.50 Å². The minimum Gasteiger partial charge on any atom is -0.501 e. The first kappa shape index (κ1) is 11.0. The van der Waals surface area contributed by atoms with Gasteiger partial charge in [0.1, 0.15) is 0 Å². The molecule has 0 bridgehead atoms. The van der Waals surface area contributed by atoms with Crippen LogP contribution in [-0.4, -0.2) is 10.1 Å². The number of fused-ring (bicyclic) bond motifs is 1. The third-order valence-electron chi connectivity index (χ3n) is 2.50. The van der Waals surface area contributed by atoms with Crippen LogP contribution in [0.5, 0.6) is 5.75 Å². The quantitative estimate of drug-likeness (QED) is 0.806. The van der Waals surface area contributed by atoms with E-state index in [1.165, 1.54) is 0 Å². The second-order valence-electron chi connectivity index (χ2n) is 3.43. The number of aromatic amines is 1. The lowest BCUT2D eigenvalue weighted by molar-refractivity contribution is 0.428. The van der Waals surface area contributed by atoms with Gasteiger partial charge in [-0.2, -0.15) is 0 Å². The summed E-state index contributed by atoms with van der Waals surface area (Å²) in [6.07, 6.45) is 0.579. The average Bonchev–Trinajstić information content (AvgIpc) is 2.27. The molecule has 84 valence electrons. The molecule has 3 nitrogen and oxygen atoms in total. The fourth-order valence-electron chi connectivity index (χ4n) is 1.68. The topological polar surface area (TPSA) is 53.1 Å². The Balaban J connectivity index is 3.05. The Labute approximate surface area is 95.5 Å². The molecule has 16 heavy (non-hydrogen) atoms. The largest absolute Gasteiger partial charge is 0.501 e. The molecule has 0 radical (unpaired) electrons. The molecular weight excluding hydrogens is 233 g/mol. The first-order valence-electron chi connectivity index (χ1n) is 4.78. The summed E-state index contributed by atoms with van der Waals surface area (Å²) in [7, 11) is 0. The molecule has 0 atom stereocenters. The predicted molar refractivity (Wildman–Crippen MR) is 60.6 cm³/mol. The van der Waals surface area contributed by atoms with Gasteiger partial charge in [0.25, 0.3) is 5.56 Å². The van der Waals surface area contributed by atoms with E-state index in [1.807, 2.05) is 6.92 Å². The van der Waals surface area contributed by atoms with Crippen LogP contribution >= 0.6 is 11.6 Å². The Morgan fingerprint density at radius 3 is 2.81 bits per heavy atom. The number of pyridine rings is 1. The van der Waals surface area contributed by atoms with Crippen LogP contribution in [0.25, 0.3) is 10.9 Å². The molecule has 5 heteroatoms. The zero-order chi connectivity index (χ0) is 11.9. The molecule has 0 saturated carbocycles. The number of nitrogens with one attached hydrogen (secondary N) is 1. The molecule has 1 aromatic carbocycles. The fourth-order valence-corrected chi connectivity index (χ4v) is 1.88. The highest BCUT2D eigenvalue weighted by Crippen LogP contribution is 2.29. The highest BCUT2D eigenvalue weighted by atomic mass is 35.5. The van der Waals surface area contributed by atoms with Crippen molar-refractivity contribution in [2.75, 3.05) is 0 Å². The molecule has 2 aromatic rings. The highest BCUT2D eigenvalue weighted by Gasteiger charge is 2.15. The van der Waals surface area contributed by atoms with Crippen molar-refractivity contribution in [3.05, 3.63) is 38.9 Å². The Kier molecular flexibility index (Phi) is 2.59. The van der Waals surface area contributed by atoms with Crippen molar-refractivity contribution in [2.45, 2.75) is 13.3 Å². The first-order chi connectivity index (χ1) is 7.56. The van der Waals surface area contributed by atoms with Crippen LogP contribution in [0.3, 0.4) is 0 Å². The van der Waals surface area contributed by atoms with Crippen LogP contribution in [-0.2, 0) is 6.42 Å². The zero-order valence-corrected chi connectivity index (χ0v) is 9.23. The van der Waals surface area contributed by atoms with E-state index in [9.17, 15) is 14.3 Å². The highest BCUT2D eigenvalue weighted by molar-refractivity contribution is 6.35. The number of aromatic hydroxyl groups is 1. The summed E-state index contributed by atoms with van der Waals surface area (Å²) in [5.74, 6) is -1.82. The Hall–Kier alpha value is -1.55. The van der Waals surface area contributed by atoms with Gasteiger partial charge >= 0.3 is 0 Å². The van der Waals surface area contributed by atoms with Gasteiger partial charge in [0, 0.05) is 5.39 Å². The van der Waals surface area contributed by atoms with Crippen molar-refractivity contribution in [2.24, 2.45) is 0 Å². The number of aryl methyl sites for hydroxylation is 1. The maximum atomic E-state index is 13.8. The molecular formula is C11H9ClFNO2. The van der Waals surface area contributed by atoms with Crippen molar-refractivity contribution in [3.8, 4) is 5.75 Å². The van der Waals surface area contributed by atoms with Crippen LogP contribution in [0.15, 0.2) is 16.9 Å². The summed E-state index contributed by atoms with van der Waals surface area (Å²) in [6.45, 7) is 1.85. The van der Waals surface area contributed by atoms with Gasteiger partial charge in [-0.15, -0.1) is 0 Å². The van der Waals surface area contributed by atoms with Crippen LogP contribution < -0.4 is 5.56 Å². The van der Waals surface area contributed by atoms with E-state index >= 15 is 0 Å². The van der Waals surface area contributed by atoms with Crippen molar-refractivity contribution >= 4 is 22.5 Å². The molecule has 0 saturated heterocycles. The molecule has 0 spiro atoms. The number of hydrogen-bond acceptors (Lipinski definition) is 2. The normalized spacial score (nSPS) is 10.9. The van der Waals surface area contributed by atoms with E-state index in [-0.39, 0.29) is 15.9 Å². The van der Waals surface area contributed by atoms with Gasteiger partial charge in [0.15, 0.2) is 5.82 Å². The minimum absolute atomic E-state index is 0.173. The fraction of sp³-hybridized carbons (Fsp3) is 0.182.